The van der Waals surface area contributed by atoms with Crippen LogP contribution in [0.4, 0.5) is 10.1 Å². The molecule has 0 aromatic heterocycles. The van der Waals surface area contributed by atoms with Gasteiger partial charge in [0.05, 0.1) is 5.69 Å². The summed E-state index contributed by atoms with van der Waals surface area (Å²) in [6, 6.07) is 6.57. The van der Waals surface area contributed by atoms with Crippen molar-refractivity contribution in [2.75, 3.05) is 18.0 Å². The van der Waals surface area contributed by atoms with Crippen molar-refractivity contribution in [2.45, 2.75) is 32.2 Å². The molecular weight excluding hydrogens is 247 g/mol. The summed E-state index contributed by atoms with van der Waals surface area (Å²) in [7, 11) is 0. The highest BCUT2D eigenvalue weighted by molar-refractivity contribution is 5.77. The molecule has 0 amide bonds. The minimum Gasteiger partial charge on any atom is -0.480 e. The molecule has 1 aromatic carbocycles. The third kappa shape index (κ3) is 4.21. The van der Waals surface area contributed by atoms with Crippen molar-refractivity contribution >= 4 is 11.7 Å². The molecule has 0 aliphatic heterocycles. The first-order valence-corrected chi connectivity index (χ1v) is 6.40. The summed E-state index contributed by atoms with van der Waals surface area (Å²) in [4.78, 5) is 12.8. The van der Waals surface area contributed by atoms with Crippen LogP contribution in [0.3, 0.4) is 0 Å². The number of aliphatic carboxylic acids is 1. The van der Waals surface area contributed by atoms with E-state index in [2.05, 4.69) is 0 Å². The Morgan fingerprint density at radius 2 is 2.11 bits per heavy atom. The number of carboxylic acid groups (broad SMARTS) is 1. The number of halogens is 1. The van der Waals surface area contributed by atoms with Gasteiger partial charge < -0.3 is 15.7 Å². The lowest BCUT2D eigenvalue weighted by Crippen LogP contribution is -2.45. The Morgan fingerprint density at radius 1 is 1.47 bits per heavy atom. The molecule has 0 aliphatic carbocycles. The van der Waals surface area contributed by atoms with E-state index in [0.717, 1.165) is 0 Å². The standard InChI is InChI=1S/C14H21FN2O2/c1-3-17(12-8-5-4-7-11(12)15)10-6-9-14(2,16)13(18)19/h4-5,7-8H,3,6,9-10,16H2,1-2H3,(H,18,19). The number of hydrogen-bond acceptors (Lipinski definition) is 3. The molecule has 0 aliphatic rings. The molecule has 1 aromatic rings. The van der Waals surface area contributed by atoms with Crippen LogP contribution in [-0.2, 0) is 4.79 Å². The molecule has 1 atom stereocenters. The van der Waals surface area contributed by atoms with Crippen molar-refractivity contribution in [1.29, 1.82) is 0 Å². The fraction of sp³-hybridized carbons (Fsp3) is 0.500. The zero-order chi connectivity index (χ0) is 14.5. The Hall–Kier alpha value is -1.62. The maximum atomic E-state index is 13.7. The first-order valence-electron chi connectivity index (χ1n) is 6.40. The highest BCUT2D eigenvalue weighted by Crippen LogP contribution is 2.19. The zero-order valence-electron chi connectivity index (χ0n) is 11.4. The molecule has 0 bridgehead atoms. The van der Waals surface area contributed by atoms with E-state index < -0.39 is 11.5 Å². The second kappa shape index (κ2) is 6.52. The normalized spacial score (nSPS) is 13.9. The number of anilines is 1. The smallest absolute Gasteiger partial charge is 0.323 e. The van der Waals surface area contributed by atoms with Crippen LogP contribution in [0.5, 0.6) is 0 Å². The molecule has 19 heavy (non-hydrogen) atoms. The van der Waals surface area contributed by atoms with Gasteiger partial charge in [-0.1, -0.05) is 12.1 Å². The summed E-state index contributed by atoms with van der Waals surface area (Å²) in [5, 5.41) is 8.93. The van der Waals surface area contributed by atoms with E-state index >= 15 is 0 Å². The van der Waals surface area contributed by atoms with Crippen LogP contribution in [-0.4, -0.2) is 29.7 Å². The number of para-hydroxylation sites is 1. The van der Waals surface area contributed by atoms with Crippen molar-refractivity contribution < 1.29 is 14.3 Å². The highest BCUT2D eigenvalue weighted by Gasteiger charge is 2.27. The molecule has 3 N–H and O–H groups in total. The summed E-state index contributed by atoms with van der Waals surface area (Å²) in [6.45, 7) is 4.67. The summed E-state index contributed by atoms with van der Waals surface area (Å²) in [5.74, 6) is -1.28. The Bertz CT molecular complexity index is 435. The molecular formula is C14H21FN2O2. The first-order chi connectivity index (χ1) is 8.88. The Balaban J connectivity index is 2.60. The molecule has 0 heterocycles. The number of nitrogens with two attached hydrogens (primary N) is 1. The van der Waals surface area contributed by atoms with Crippen molar-refractivity contribution in [3.8, 4) is 0 Å². The third-order valence-electron chi connectivity index (χ3n) is 3.19. The van der Waals surface area contributed by atoms with Crippen LogP contribution in [0, 0.1) is 5.82 Å². The van der Waals surface area contributed by atoms with Gasteiger partial charge in [0, 0.05) is 13.1 Å². The van der Waals surface area contributed by atoms with Crippen LogP contribution in [0.25, 0.3) is 0 Å². The number of hydrogen-bond donors (Lipinski definition) is 2. The second-order valence-electron chi connectivity index (χ2n) is 4.86. The summed E-state index contributed by atoms with van der Waals surface area (Å²) in [5.41, 5.74) is 4.98. The number of carboxylic acids is 1. The van der Waals surface area contributed by atoms with Gasteiger partial charge in [-0.25, -0.2) is 4.39 Å². The van der Waals surface area contributed by atoms with Crippen molar-refractivity contribution in [1.82, 2.24) is 0 Å². The molecule has 1 rings (SSSR count). The van der Waals surface area contributed by atoms with Gasteiger partial charge in [0.2, 0.25) is 0 Å². The van der Waals surface area contributed by atoms with Crippen LogP contribution < -0.4 is 10.6 Å². The summed E-state index contributed by atoms with van der Waals surface area (Å²) < 4.78 is 13.7. The van der Waals surface area contributed by atoms with Crippen LogP contribution in [0.15, 0.2) is 24.3 Å². The SMILES string of the molecule is CCN(CCCC(C)(N)C(=O)O)c1ccccc1F. The van der Waals surface area contributed by atoms with E-state index in [1.54, 1.807) is 18.2 Å². The minimum atomic E-state index is -1.23. The number of nitrogens with zero attached hydrogens (tertiary/aromatic N) is 1. The average Bonchev–Trinajstić information content (AvgIpc) is 2.35. The van der Waals surface area contributed by atoms with Crippen LogP contribution in [0.2, 0.25) is 0 Å². The second-order valence-corrected chi connectivity index (χ2v) is 4.86. The Labute approximate surface area is 113 Å². The number of carbonyl (C=O) groups is 1. The largest absolute Gasteiger partial charge is 0.480 e. The predicted octanol–water partition coefficient (Wildman–Crippen LogP) is 2.23. The Morgan fingerprint density at radius 3 is 2.63 bits per heavy atom. The number of benzene rings is 1. The van der Waals surface area contributed by atoms with E-state index in [-0.39, 0.29) is 5.82 Å². The Kier molecular flexibility index (Phi) is 5.30. The quantitative estimate of drug-likeness (QED) is 0.796. The monoisotopic (exact) mass is 268 g/mol. The zero-order valence-corrected chi connectivity index (χ0v) is 11.4. The highest BCUT2D eigenvalue weighted by atomic mass is 19.1. The molecule has 106 valence electrons. The fourth-order valence-corrected chi connectivity index (χ4v) is 1.90. The van der Waals surface area contributed by atoms with Crippen molar-refractivity contribution in [3.63, 3.8) is 0 Å². The van der Waals surface area contributed by atoms with Crippen molar-refractivity contribution in [3.05, 3.63) is 30.1 Å². The van der Waals surface area contributed by atoms with Gasteiger partial charge in [0.1, 0.15) is 11.4 Å². The molecule has 0 saturated carbocycles. The molecule has 5 heteroatoms. The molecule has 1 unspecified atom stereocenters. The van der Waals surface area contributed by atoms with Gasteiger partial charge in [-0.2, -0.15) is 0 Å². The van der Waals surface area contributed by atoms with Gasteiger partial charge >= 0.3 is 5.97 Å². The van der Waals surface area contributed by atoms with Gasteiger partial charge in [-0.05, 0) is 38.8 Å². The number of rotatable bonds is 7. The maximum absolute atomic E-state index is 13.7. The van der Waals surface area contributed by atoms with Crippen LogP contribution >= 0.6 is 0 Å². The molecule has 0 saturated heterocycles. The first kappa shape index (κ1) is 15.4. The van der Waals surface area contributed by atoms with Crippen molar-refractivity contribution in [2.24, 2.45) is 5.73 Å². The third-order valence-corrected chi connectivity index (χ3v) is 3.19. The van der Waals surface area contributed by atoms with E-state index in [1.165, 1.54) is 13.0 Å². The molecule has 0 spiro atoms. The summed E-state index contributed by atoms with van der Waals surface area (Å²) in [6.07, 6.45) is 0.953. The van der Waals surface area contributed by atoms with E-state index in [9.17, 15) is 9.18 Å². The van der Waals surface area contributed by atoms with Gasteiger partial charge in [-0.15, -0.1) is 0 Å². The van der Waals surface area contributed by atoms with Gasteiger partial charge in [-0.3, -0.25) is 4.79 Å². The van der Waals surface area contributed by atoms with Gasteiger partial charge in [0.15, 0.2) is 0 Å². The lowest BCUT2D eigenvalue weighted by atomic mass is 9.97. The van der Waals surface area contributed by atoms with E-state index in [4.69, 9.17) is 10.8 Å². The summed E-state index contributed by atoms with van der Waals surface area (Å²) >= 11 is 0. The fourth-order valence-electron chi connectivity index (χ4n) is 1.90. The van der Waals surface area contributed by atoms with Gasteiger partial charge in [0.25, 0.3) is 0 Å². The van der Waals surface area contributed by atoms with E-state index in [0.29, 0.717) is 31.6 Å². The van der Waals surface area contributed by atoms with E-state index in [1.807, 2.05) is 11.8 Å². The predicted molar refractivity (Wildman–Crippen MR) is 73.7 cm³/mol. The average molecular weight is 268 g/mol. The maximum Gasteiger partial charge on any atom is 0.323 e. The molecule has 0 radical (unpaired) electrons. The molecule has 4 nitrogen and oxygen atoms in total. The topological polar surface area (TPSA) is 66.6 Å². The lowest BCUT2D eigenvalue weighted by Gasteiger charge is -2.25. The molecule has 0 fully saturated rings. The van der Waals surface area contributed by atoms with Crippen LogP contribution in [0.1, 0.15) is 26.7 Å². The minimum absolute atomic E-state index is 0.266. The lowest BCUT2D eigenvalue weighted by molar-refractivity contribution is -0.142.